The molecule has 0 saturated heterocycles. The molecule has 7 nitrogen and oxygen atoms in total. The quantitative estimate of drug-likeness (QED) is 0.480. The SMILES string of the molecule is [C-]#[N+]c1cc(NC(=O)c2cc(C(=O)C(=O)NC(C)C)n(C)c2F)ccc1F. The second-order valence-electron chi connectivity index (χ2n) is 5.98. The molecule has 0 fully saturated rings. The van der Waals surface area contributed by atoms with E-state index in [4.69, 9.17) is 6.57 Å². The molecule has 1 aromatic heterocycles. The summed E-state index contributed by atoms with van der Waals surface area (Å²) in [5, 5.41) is 4.72. The molecule has 0 aliphatic heterocycles. The zero-order valence-electron chi connectivity index (χ0n) is 14.8. The number of rotatable bonds is 5. The van der Waals surface area contributed by atoms with Crippen molar-refractivity contribution in [2.45, 2.75) is 19.9 Å². The number of nitrogens with one attached hydrogen (secondary N) is 2. The first kappa shape index (κ1) is 19.8. The Balaban J connectivity index is 2.29. The number of carbonyl (C=O) groups is 3. The fourth-order valence-electron chi connectivity index (χ4n) is 2.28. The van der Waals surface area contributed by atoms with Gasteiger partial charge in [0.05, 0.1) is 17.8 Å². The number of ketones is 1. The van der Waals surface area contributed by atoms with E-state index in [1.165, 1.54) is 13.1 Å². The Hall–Kier alpha value is -3.54. The fraction of sp³-hybridized carbons (Fsp3) is 0.222. The third-order valence-electron chi connectivity index (χ3n) is 3.59. The molecule has 0 bridgehead atoms. The van der Waals surface area contributed by atoms with Crippen LogP contribution >= 0.6 is 0 Å². The summed E-state index contributed by atoms with van der Waals surface area (Å²) in [6, 6.07) is 3.99. The van der Waals surface area contributed by atoms with Crippen molar-refractivity contribution in [1.82, 2.24) is 9.88 Å². The zero-order chi connectivity index (χ0) is 20.3. The summed E-state index contributed by atoms with van der Waals surface area (Å²) in [5.41, 5.74) is -0.979. The lowest BCUT2D eigenvalue weighted by molar-refractivity contribution is -0.117. The lowest BCUT2D eigenvalue weighted by atomic mass is 10.2. The van der Waals surface area contributed by atoms with Crippen molar-refractivity contribution in [1.29, 1.82) is 0 Å². The van der Waals surface area contributed by atoms with Crippen LogP contribution in [0.15, 0.2) is 24.3 Å². The molecule has 0 saturated carbocycles. The molecule has 9 heteroatoms. The van der Waals surface area contributed by atoms with Gasteiger partial charge >= 0.3 is 0 Å². The number of amides is 2. The van der Waals surface area contributed by atoms with Crippen molar-refractivity contribution < 1.29 is 23.2 Å². The van der Waals surface area contributed by atoms with E-state index in [0.29, 0.717) is 0 Å². The van der Waals surface area contributed by atoms with Crippen LogP contribution < -0.4 is 10.6 Å². The number of hydrogen-bond donors (Lipinski definition) is 2. The minimum absolute atomic E-state index is 0.0843. The molecule has 2 amide bonds. The number of benzene rings is 1. The second-order valence-corrected chi connectivity index (χ2v) is 5.98. The van der Waals surface area contributed by atoms with Gasteiger partial charge in [-0.05, 0) is 38.1 Å². The third kappa shape index (κ3) is 4.17. The second kappa shape index (κ2) is 7.78. The molecule has 0 radical (unpaired) electrons. The zero-order valence-corrected chi connectivity index (χ0v) is 14.8. The maximum Gasteiger partial charge on any atom is 0.294 e. The van der Waals surface area contributed by atoms with E-state index < -0.39 is 34.9 Å². The molecule has 2 rings (SSSR count). The van der Waals surface area contributed by atoms with E-state index in [1.54, 1.807) is 13.8 Å². The lowest BCUT2D eigenvalue weighted by Gasteiger charge is -2.07. The molecule has 2 aromatic rings. The fourth-order valence-corrected chi connectivity index (χ4v) is 2.28. The first-order chi connectivity index (χ1) is 12.6. The van der Waals surface area contributed by atoms with Crippen molar-refractivity contribution in [2.24, 2.45) is 7.05 Å². The molecule has 0 atom stereocenters. The molecule has 2 N–H and O–H groups in total. The summed E-state index contributed by atoms with van der Waals surface area (Å²) >= 11 is 0. The van der Waals surface area contributed by atoms with Gasteiger partial charge in [0, 0.05) is 18.8 Å². The largest absolute Gasteiger partial charge is 0.347 e. The molecular formula is C18H16F2N4O3. The van der Waals surface area contributed by atoms with Crippen LogP contribution in [-0.2, 0) is 11.8 Å². The highest BCUT2D eigenvalue weighted by Gasteiger charge is 2.26. The van der Waals surface area contributed by atoms with Gasteiger partial charge in [0.2, 0.25) is 11.6 Å². The molecule has 1 aromatic carbocycles. The third-order valence-corrected chi connectivity index (χ3v) is 3.59. The van der Waals surface area contributed by atoms with Gasteiger partial charge in [-0.3, -0.25) is 14.4 Å². The van der Waals surface area contributed by atoms with E-state index in [1.807, 2.05) is 0 Å². The van der Waals surface area contributed by atoms with Crippen molar-refractivity contribution in [3.8, 4) is 0 Å². The van der Waals surface area contributed by atoms with E-state index in [-0.39, 0.29) is 23.1 Å². The maximum absolute atomic E-state index is 14.4. The smallest absolute Gasteiger partial charge is 0.294 e. The summed E-state index contributed by atoms with van der Waals surface area (Å²) in [6.45, 7) is 10.2. The maximum atomic E-state index is 14.4. The van der Waals surface area contributed by atoms with Crippen molar-refractivity contribution in [2.75, 3.05) is 5.32 Å². The number of Topliss-reactive ketones (excluding diaryl/α,β-unsaturated/α-hetero) is 1. The van der Waals surface area contributed by atoms with Gasteiger partial charge in [-0.15, -0.1) is 0 Å². The Morgan fingerprint density at radius 2 is 1.85 bits per heavy atom. The highest BCUT2D eigenvalue weighted by atomic mass is 19.1. The van der Waals surface area contributed by atoms with Crippen LogP contribution in [0.5, 0.6) is 0 Å². The molecular weight excluding hydrogens is 358 g/mol. The molecule has 0 aliphatic rings. The predicted octanol–water partition coefficient (Wildman–Crippen LogP) is 2.81. The van der Waals surface area contributed by atoms with Gasteiger partial charge in [-0.1, -0.05) is 0 Å². The van der Waals surface area contributed by atoms with Crippen molar-refractivity contribution in [3.63, 3.8) is 0 Å². The standard InChI is InChI=1S/C18H16F2N4O3/c1-9(2)22-18(27)15(25)14-8-11(16(20)24(14)4)17(26)23-10-5-6-12(19)13(7-10)21-3/h5-9H,1-2,4H3,(H,22,27)(H,23,26). The van der Waals surface area contributed by atoms with E-state index in [2.05, 4.69) is 15.5 Å². The summed E-state index contributed by atoms with van der Waals surface area (Å²) in [6.07, 6.45) is 0. The number of nitrogens with zero attached hydrogens (tertiary/aromatic N) is 2. The highest BCUT2D eigenvalue weighted by molar-refractivity contribution is 6.42. The summed E-state index contributed by atoms with van der Waals surface area (Å²) in [5.74, 6) is -4.58. The van der Waals surface area contributed by atoms with Crippen LogP contribution in [0.2, 0.25) is 0 Å². The van der Waals surface area contributed by atoms with Crippen molar-refractivity contribution >= 4 is 29.0 Å². The Bertz CT molecular complexity index is 974. The van der Waals surface area contributed by atoms with Gasteiger partial charge in [0.25, 0.3) is 17.6 Å². The molecule has 27 heavy (non-hydrogen) atoms. The van der Waals surface area contributed by atoms with Crippen LogP contribution in [0.4, 0.5) is 20.2 Å². The Kier molecular flexibility index (Phi) is 5.70. The van der Waals surface area contributed by atoms with Crippen LogP contribution in [0.25, 0.3) is 4.85 Å². The normalized spacial score (nSPS) is 10.4. The van der Waals surface area contributed by atoms with Crippen LogP contribution in [0.3, 0.4) is 0 Å². The molecule has 1 heterocycles. The molecule has 0 aliphatic carbocycles. The monoisotopic (exact) mass is 374 g/mol. The van der Waals surface area contributed by atoms with Gasteiger partial charge < -0.3 is 15.2 Å². The Morgan fingerprint density at radius 3 is 2.44 bits per heavy atom. The van der Waals surface area contributed by atoms with Gasteiger partial charge in [-0.25, -0.2) is 9.24 Å². The molecule has 140 valence electrons. The van der Waals surface area contributed by atoms with E-state index in [0.717, 1.165) is 22.8 Å². The van der Waals surface area contributed by atoms with Gasteiger partial charge in [0.1, 0.15) is 5.82 Å². The molecule has 0 unspecified atom stereocenters. The minimum atomic E-state index is -1.01. The summed E-state index contributed by atoms with van der Waals surface area (Å²) < 4.78 is 28.5. The number of halogens is 2. The van der Waals surface area contributed by atoms with Crippen LogP contribution in [0.1, 0.15) is 34.7 Å². The van der Waals surface area contributed by atoms with Gasteiger partial charge in [-0.2, -0.15) is 4.39 Å². The Morgan fingerprint density at radius 1 is 1.19 bits per heavy atom. The van der Waals surface area contributed by atoms with Crippen LogP contribution in [0, 0.1) is 18.3 Å². The lowest BCUT2D eigenvalue weighted by Crippen LogP contribution is -2.36. The van der Waals surface area contributed by atoms with E-state index >= 15 is 0 Å². The Labute approximate surface area is 153 Å². The predicted molar refractivity (Wildman–Crippen MR) is 93.6 cm³/mol. The number of aromatic nitrogens is 1. The number of anilines is 1. The van der Waals surface area contributed by atoms with Gasteiger partial charge in [0.15, 0.2) is 0 Å². The van der Waals surface area contributed by atoms with Crippen LogP contribution in [-0.4, -0.2) is 28.2 Å². The highest BCUT2D eigenvalue weighted by Crippen LogP contribution is 2.23. The first-order valence-electron chi connectivity index (χ1n) is 7.84. The first-order valence-corrected chi connectivity index (χ1v) is 7.84. The summed E-state index contributed by atoms with van der Waals surface area (Å²) in [4.78, 5) is 39.3. The topological polar surface area (TPSA) is 84.6 Å². The average molecular weight is 374 g/mol. The van der Waals surface area contributed by atoms with E-state index in [9.17, 15) is 23.2 Å². The average Bonchev–Trinajstić information content (AvgIpc) is 2.90. The summed E-state index contributed by atoms with van der Waals surface area (Å²) in [7, 11) is 1.21. The molecule has 0 spiro atoms. The number of hydrogen-bond acceptors (Lipinski definition) is 3. The van der Waals surface area contributed by atoms with Crippen molar-refractivity contribution in [3.05, 3.63) is 58.7 Å². The number of carbonyl (C=O) groups excluding carboxylic acids is 3. The minimum Gasteiger partial charge on any atom is -0.347 e.